The van der Waals surface area contributed by atoms with E-state index in [1.165, 1.54) is 17.5 Å². The van der Waals surface area contributed by atoms with Crippen LogP contribution in [0, 0.1) is 6.92 Å². The minimum atomic E-state index is 0.537. The maximum Gasteiger partial charge on any atom is 0.107 e. The lowest BCUT2D eigenvalue weighted by Gasteiger charge is -2.13. The van der Waals surface area contributed by atoms with Crippen molar-refractivity contribution >= 4 is 0 Å². The third-order valence-electron chi connectivity index (χ3n) is 3.36. The second-order valence-electron chi connectivity index (χ2n) is 5.17. The third kappa shape index (κ3) is 4.87. The largest absolute Gasteiger partial charge is 0.349 e. The normalized spacial score (nSPS) is 12.5. The number of benzene rings is 1. The number of aromatic amines is 1. The molecule has 1 aromatic carbocycles. The van der Waals surface area contributed by atoms with Gasteiger partial charge in [-0.3, -0.25) is 0 Å². The van der Waals surface area contributed by atoms with Crippen LogP contribution in [0.15, 0.2) is 36.7 Å². The lowest BCUT2D eigenvalue weighted by atomic mass is 10.0. The minimum Gasteiger partial charge on any atom is -0.349 e. The summed E-state index contributed by atoms with van der Waals surface area (Å²) < 4.78 is 0. The van der Waals surface area contributed by atoms with Crippen molar-refractivity contribution in [1.82, 2.24) is 15.3 Å². The molecule has 0 radical (unpaired) electrons. The van der Waals surface area contributed by atoms with Crippen LogP contribution in [0.25, 0.3) is 0 Å². The fourth-order valence-electron chi connectivity index (χ4n) is 2.22. The van der Waals surface area contributed by atoms with Gasteiger partial charge in [-0.15, -0.1) is 0 Å². The summed E-state index contributed by atoms with van der Waals surface area (Å²) in [6.07, 6.45) is 6.94. The molecular formula is C16H23N3. The molecule has 3 nitrogen and oxygen atoms in total. The summed E-state index contributed by atoms with van der Waals surface area (Å²) in [6, 6.07) is 9.31. The van der Waals surface area contributed by atoms with Gasteiger partial charge in [-0.25, -0.2) is 4.98 Å². The lowest BCUT2D eigenvalue weighted by Crippen LogP contribution is -2.28. The van der Waals surface area contributed by atoms with Gasteiger partial charge in [0, 0.05) is 31.4 Å². The molecular weight excluding hydrogens is 234 g/mol. The molecule has 2 aromatic rings. The van der Waals surface area contributed by atoms with Crippen molar-refractivity contribution in [3.05, 3.63) is 53.6 Å². The van der Waals surface area contributed by atoms with Gasteiger partial charge in [0.1, 0.15) is 5.82 Å². The van der Waals surface area contributed by atoms with Crippen LogP contribution in [-0.2, 0) is 12.8 Å². The molecule has 1 aromatic heterocycles. The lowest BCUT2D eigenvalue weighted by molar-refractivity contribution is 0.514. The number of H-pyrrole nitrogens is 1. The summed E-state index contributed by atoms with van der Waals surface area (Å²) in [5.74, 6) is 1.05. The smallest absolute Gasteiger partial charge is 0.107 e. The Morgan fingerprint density at radius 3 is 2.95 bits per heavy atom. The molecule has 0 aliphatic rings. The third-order valence-corrected chi connectivity index (χ3v) is 3.36. The van der Waals surface area contributed by atoms with Crippen molar-refractivity contribution in [3.8, 4) is 0 Å². The molecule has 102 valence electrons. The number of rotatable bonds is 7. The van der Waals surface area contributed by atoms with Crippen LogP contribution >= 0.6 is 0 Å². The molecule has 19 heavy (non-hydrogen) atoms. The summed E-state index contributed by atoms with van der Waals surface area (Å²) in [6.45, 7) is 5.37. The molecule has 1 heterocycles. The Hall–Kier alpha value is -1.61. The van der Waals surface area contributed by atoms with E-state index in [1.807, 2.05) is 6.20 Å². The zero-order valence-electron chi connectivity index (χ0n) is 11.8. The maximum absolute atomic E-state index is 4.22. The fourth-order valence-corrected chi connectivity index (χ4v) is 2.22. The maximum atomic E-state index is 4.22. The van der Waals surface area contributed by atoms with Crippen LogP contribution in [0.5, 0.6) is 0 Å². The number of hydrogen-bond acceptors (Lipinski definition) is 2. The van der Waals surface area contributed by atoms with Gasteiger partial charge in [0.2, 0.25) is 0 Å². The standard InChI is InChI=1S/C16H23N3/c1-13-4-3-5-15(12-13)7-6-14(2)17-9-8-16-18-10-11-19-16/h3-5,10-12,14,17H,6-9H2,1-2H3,(H,18,19). The van der Waals surface area contributed by atoms with E-state index >= 15 is 0 Å². The highest BCUT2D eigenvalue weighted by molar-refractivity contribution is 5.22. The Morgan fingerprint density at radius 2 is 2.21 bits per heavy atom. The molecule has 2 rings (SSSR count). The average molecular weight is 257 g/mol. The van der Waals surface area contributed by atoms with Gasteiger partial charge in [0.25, 0.3) is 0 Å². The van der Waals surface area contributed by atoms with Gasteiger partial charge in [-0.1, -0.05) is 29.8 Å². The van der Waals surface area contributed by atoms with Crippen molar-refractivity contribution in [2.45, 2.75) is 39.2 Å². The second kappa shape index (κ2) is 7.10. The van der Waals surface area contributed by atoms with Gasteiger partial charge in [-0.05, 0) is 32.3 Å². The molecule has 0 fully saturated rings. The van der Waals surface area contributed by atoms with E-state index in [-0.39, 0.29) is 0 Å². The molecule has 0 spiro atoms. The highest BCUT2D eigenvalue weighted by Gasteiger charge is 2.03. The summed E-state index contributed by atoms with van der Waals surface area (Å²) in [5.41, 5.74) is 2.77. The Bertz CT molecular complexity index is 476. The van der Waals surface area contributed by atoms with Crippen LogP contribution in [0.2, 0.25) is 0 Å². The number of imidazole rings is 1. The minimum absolute atomic E-state index is 0.537. The number of aromatic nitrogens is 2. The Morgan fingerprint density at radius 1 is 1.32 bits per heavy atom. The van der Waals surface area contributed by atoms with Crippen LogP contribution in [0.4, 0.5) is 0 Å². The second-order valence-corrected chi connectivity index (χ2v) is 5.17. The first-order valence-electron chi connectivity index (χ1n) is 7.01. The summed E-state index contributed by atoms with van der Waals surface area (Å²) in [4.78, 5) is 7.34. The van der Waals surface area contributed by atoms with Crippen LogP contribution in [0.3, 0.4) is 0 Å². The Balaban J connectivity index is 1.65. The van der Waals surface area contributed by atoms with Crippen molar-refractivity contribution in [3.63, 3.8) is 0 Å². The fraction of sp³-hybridized carbons (Fsp3) is 0.438. The molecule has 0 bridgehead atoms. The molecule has 1 unspecified atom stereocenters. The number of hydrogen-bond donors (Lipinski definition) is 2. The van der Waals surface area contributed by atoms with Crippen molar-refractivity contribution in [2.75, 3.05) is 6.54 Å². The van der Waals surface area contributed by atoms with E-state index in [2.05, 4.69) is 53.4 Å². The van der Waals surface area contributed by atoms with E-state index in [0.29, 0.717) is 6.04 Å². The van der Waals surface area contributed by atoms with Gasteiger partial charge < -0.3 is 10.3 Å². The van der Waals surface area contributed by atoms with Crippen molar-refractivity contribution in [1.29, 1.82) is 0 Å². The molecule has 0 aliphatic carbocycles. The monoisotopic (exact) mass is 257 g/mol. The van der Waals surface area contributed by atoms with Gasteiger partial charge in [0.05, 0.1) is 0 Å². The quantitative estimate of drug-likeness (QED) is 0.800. The Kier molecular flexibility index (Phi) is 5.16. The molecule has 3 heteroatoms. The highest BCUT2D eigenvalue weighted by atomic mass is 14.9. The number of nitrogens with zero attached hydrogens (tertiary/aromatic N) is 1. The average Bonchev–Trinajstić information content (AvgIpc) is 2.90. The SMILES string of the molecule is Cc1cccc(CCC(C)NCCc2ncc[nH]2)c1. The van der Waals surface area contributed by atoms with Crippen LogP contribution in [-0.4, -0.2) is 22.6 Å². The highest BCUT2D eigenvalue weighted by Crippen LogP contribution is 2.08. The van der Waals surface area contributed by atoms with Crippen LogP contribution < -0.4 is 5.32 Å². The molecule has 0 saturated carbocycles. The molecule has 0 saturated heterocycles. The number of nitrogens with one attached hydrogen (secondary N) is 2. The van der Waals surface area contributed by atoms with Gasteiger partial charge >= 0.3 is 0 Å². The first-order valence-corrected chi connectivity index (χ1v) is 7.01. The molecule has 1 atom stereocenters. The van der Waals surface area contributed by atoms with Gasteiger partial charge in [-0.2, -0.15) is 0 Å². The summed E-state index contributed by atoms with van der Waals surface area (Å²) in [7, 11) is 0. The van der Waals surface area contributed by atoms with E-state index in [9.17, 15) is 0 Å². The first-order chi connectivity index (χ1) is 9.24. The predicted molar refractivity (Wildman–Crippen MR) is 79.3 cm³/mol. The zero-order valence-corrected chi connectivity index (χ0v) is 11.8. The van der Waals surface area contributed by atoms with Crippen LogP contribution in [0.1, 0.15) is 30.3 Å². The summed E-state index contributed by atoms with van der Waals surface area (Å²) >= 11 is 0. The van der Waals surface area contributed by atoms with E-state index < -0.39 is 0 Å². The Labute approximate surface area is 115 Å². The summed E-state index contributed by atoms with van der Waals surface area (Å²) in [5, 5.41) is 3.55. The topological polar surface area (TPSA) is 40.7 Å². The van der Waals surface area contributed by atoms with E-state index in [1.54, 1.807) is 6.20 Å². The van der Waals surface area contributed by atoms with Crippen molar-refractivity contribution in [2.24, 2.45) is 0 Å². The molecule has 0 aliphatic heterocycles. The molecule has 0 amide bonds. The first kappa shape index (κ1) is 13.8. The van der Waals surface area contributed by atoms with E-state index in [4.69, 9.17) is 0 Å². The van der Waals surface area contributed by atoms with E-state index in [0.717, 1.165) is 25.2 Å². The molecule has 2 N–H and O–H groups in total. The van der Waals surface area contributed by atoms with Crippen molar-refractivity contribution < 1.29 is 0 Å². The van der Waals surface area contributed by atoms with Gasteiger partial charge in [0.15, 0.2) is 0 Å². The zero-order chi connectivity index (χ0) is 13.5. The predicted octanol–water partition coefficient (Wildman–Crippen LogP) is 2.87. The number of aryl methyl sites for hydroxylation is 2.